The number of hydrogen-bond acceptors (Lipinski definition) is 4. The molecule has 0 atom stereocenters. The van der Waals surface area contributed by atoms with Gasteiger partial charge in [0, 0.05) is 0 Å². The number of halogens is 1. The Balaban J connectivity index is 2.75. The van der Waals surface area contributed by atoms with Crippen LogP contribution in [0, 0.1) is 0 Å². The molecule has 1 heterocycles. The second kappa shape index (κ2) is 4.54. The van der Waals surface area contributed by atoms with E-state index in [2.05, 4.69) is 10.2 Å². The Hall–Kier alpha value is -0.460. The molecule has 0 fully saturated rings. The molecule has 0 radical (unpaired) electrons. The van der Waals surface area contributed by atoms with E-state index >= 15 is 0 Å². The molecule has 1 N–H and O–H groups in total. The minimum atomic E-state index is -0.622. The summed E-state index contributed by atoms with van der Waals surface area (Å²) < 4.78 is 10.5. The van der Waals surface area contributed by atoms with Crippen molar-refractivity contribution in [2.24, 2.45) is 0 Å². The van der Waals surface area contributed by atoms with Gasteiger partial charge in [0.25, 0.3) is 0 Å². The number of alkyl halides is 2. The van der Waals surface area contributed by atoms with Crippen LogP contribution in [0.1, 0.15) is 12.7 Å². The molecule has 0 saturated heterocycles. The van der Waals surface area contributed by atoms with Crippen LogP contribution in [0.25, 0.3) is 0 Å². The summed E-state index contributed by atoms with van der Waals surface area (Å²) >= 11 is 0.158. The number of rotatable bonds is 4. The van der Waals surface area contributed by atoms with Crippen molar-refractivity contribution in [3.05, 3.63) is 16.4 Å². The molecule has 0 saturated carbocycles. The van der Waals surface area contributed by atoms with Crippen molar-refractivity contribution in [3.8, 4) is 0 Å². The second-order valence-corrected chi connectivity index (χ2v) is 4.43. The van der Waals surface area contributed by atoms with Gasteiger partial charge in [-0.1, -0.05) is 0 Å². The average Bonchev–Trinajstić information content (AvgIpc) is 2.42. The normalized spacial score (nSPS) is 10.5. The van der Waals surface area contributed by atoms with E-state index in [9.17, 15) is 4.79 Å². The summed E-state index contributed by atoms with van der Waals surface area (Å²) in [4.78, 5) is 12.8. The molecule has 12 heavy (non-hydrogen) atoms. The summed E-state index contributed by atoms with van der Waals surface area (Å²) in [6, 6.07) is 0. The van der Waals surface area contributed by atoms with Crippen LogP contribution in [-0.2, 0) is 6.42 Å². The van der Waals surface area contributed by atoms with Gasteiger partial charge >= 0.3 is 80.4 Å². The molecule has 1 rings (SSSR count). The van der Waals surface area contributed by atoms with Gasteiger partial charge in [0.15, 0.2) is 0 Å². The van der Waals surface area contributed by atoms with Crippen molar-refractivity contribution in [1.82, 2.24) is 0 Å². The fourth-order valence-electron chi connectivity index (χ4n) is 0.803. The molecule has 4 nitrogen and oxygen atoms in total. The number of hydrogen-bond donors (Lipinski definition) is 1. The van der Waals surface area contributed by atoms with Gasteiger partial charge in [0.2, 0.25) is 0 Å². The summed E-state index contributed by atoms with van der Waals surface area (Å²) in [7, 11) is 0. The van der Waals surface area contributed by atoms with Crippen LogP contribution >= 0.6 is 0 Å². The second-order valence-electron chi connectivity index (χ2n) is 2.14. The predicted octanol–water partition coefficient (Wildman–Crippen LogP) is -2.12. The topological polar surface area (TPSA) is 55.4 Å². The molecule has 0 unspecified atom stereocenters. The van der Waals surface area contributed by atoms with E-state index in [1.165, 1.54) is 0 Å². The third-order valence-electron chi connectivity index (χ3n) is 1.33. The van der Waals surface area contributed by atoms with Gasteiger partial charge in [0.05, 0.1) is 0 Å². The van der Waals surface area contributed by atoms with Crippen LogP contribution in [0.2, 0.25) is 0 Å². The molecule has 0 aliphatic rings. The Morgan fingerprint density at radius 1 is 1.50 bits per heavy atom. The van der Waals surface area contributed by atoms with Crippen molar-refractivity contribution in [2.75, 3.05) is 14.8 Å². The Labute approximate surface area is 80.6 Å². The molecule has 0 amide bonds. The molecule has 5 heteroatoms. The van der Waals surface area contributed by atoms with Gasteiger partial charge in [-0.2, -0.15) is 0 Å². The molecule has 0 aliphatic carbocycles. The van der Waals surface area contributed by atoms with Crippen LogP contribution in [0.5, 0.6) is 0 Å². The van der Waals surface area contributed by atoms with Gasteiger partial charge in [-0.3, -0.25) is 0 Å². The fourth-order valence-corrected chi connectivity index (χ4v) is 1.53. The van der Waals surface area contributed by atoms with Crippen LogP contribution in [-0.4, -0.2) is 9.48 Å². The van der Waals surface area contributed by atoms with E-state index in [4.69, 9.17) is 8.83 Å². The van der Waals surface area contributed by atoms with Crippen LogP contribution in [0.3, 0.4) is 0 Å². The van der Waals surface area contributed by atoms with E-state index in [0.717, 1.165) is 4.55 Å². The molecule has 1 aromatic heterocycles. The molecule has 1 aromatic rings. The summed E-state index contributed by atoms with van der Waals surface area (Å²) in [6.07, 6.45) is 0.677. The van der Waals surface area contributed by atoms with Crippen LogP contribution < -0.4 is 32.3 Å². The third-order valence-corrected chi connectivity index (χ3v) is 2.47. The predicted molar refractivity (Wildman–Crippen MR) is 41.0 cm³/mol. The number of aryl methyl sites for hydroxylation is 1. The summed E-state index contributed by atoms with van der Waals surface area (Å²) in [5, 5.41) is 3.02. The fraction of sp³-hybridized carbons (Fsp3) is 0.571. The molecule has 70 valence electrons. The quantitative estimate of drug-likeness (QED) is 0.390. The Kier molecular flexibility index (Phi) is 3.64. The van der Waals surface area contributed by atoms with Crippen molar-refractivity contribution in [3.63, 3.8) is 0 Å². The van der Waals surface area contributed by atoms with Crippen molar-refractivity contribution >= 4 is 5.88 Å². The standard InChI is InChI=1S/C7H11INO3/c1-3-5-6(9-4-8-2)12-7(10)11-5/h9H,3-4H2,1-2H3/q-1. The first-order chi connectivity index (χ1) is 5.77. The minimum absolute atomic E-state index is 0.158. The molecular formula is C7H11INO3-. The van der Waals surface area contributed by atoms with E-state index in [-0.39, 0.29) is 21.2 Å². The maximum absolute atomic E-state index is 10.7. The zero-order valence-corrected chi connectivity index (χ0v) is 9.17. The van der Waals surface area contributed by atoms with Gasteiger partial charge in [-0.05, 0) is 0 Å². The van der Waals surface area contributed by atoms with Gasteiger partial charge in [0.1, 0.15) is 0 Å². The van der Waals surface area contributed by atoms with E-state index in [1.807, 2.05) is 6.92 Å². The van der Waals surface area contributed by atoms with E-state index < -0.39 is 5.82 Å². The SMILES string of the molecule is CCc1oc(=O)oc1NC[I-]C. The monoisotopic (exact) mass is 284 g/mol. The molecule has 0 aliphatic heterocycles. The first-order valence-electron chi connectivity index (χ1n) is 3.58. The number of nitrogens with one attached hydrogen (secondary N) is 1. The Morgan fingerprint density at radius 2 is 2.25 bits per heavy atom. The maximum atomic E-state index is 10.7. The van der Waals surface area contributed by atoms with Crippen molar-refractivity contribution in [1.29, 1.82) is 0 Å². The first-order valence-corrected chi connectivity index (χ1v) is 7.26. The molecule has 0 bridgehead atoms. The van der Waals surface area contributed by atoms with Crippen LogP contribution in [0.15, 0.2) is 13.6 Å². The Morgan fingerprint density at radius 3 is 2.83 bits per heavy atom. The molecule has 0 spiro atoms. The third kappa shape index (κ3) is 2.26. The van der Waals surface area contributed by atoms with Gasteiger partial charge < -0.3 is 0 Å². The zero-order valence-electron chi connectivity index (χ0n) is 7.02. The number of anilines is 1. The van der Waals surface area contributed by atoms with Crippen molar-refractivity contribution in [2.45, 2.75) is 13.3 Å². The average molecular weight is 284 g/mol. The van der Waals surface area contributed by atoms with E-state index in [1.54, 1.807) is 0 Å². The Bertz CT molecular complexity index is 291. The zero-order chi connectivity index (χ0) is 8.97. The van der Waals surface area contributed by atoms with E-state index in [0.29, 0.717) is 18.1 Å². The van der Waals surface area contributed by atoms with Crippen molar-refractivity contribution < 1.29 is 30.0 Å². The molecule has 0 aromatic carbocycles. The van der Waals surface area contributed by atoms with Crippen LogP contribution in [0.4, 0.5) is 5.88 Å². The summed E-state index contributed by atoms with van der Waals surface area (Å²) in [5.74, 6) is 0.491. The first kappa shape index (κ1) is 9.63. The summed E-state index contributed by atoms with van der Waals surface area (Å²) in [6.45, 7) is 1.92. The molecular weight excluding hydrogens is 273 g/mol. The van der Waals surface area contributed by atoms with Gasteiger partial charge in [-0.25, -0.2) is 0 Å². The summed E-state index contributed by atoms with van der Waals surface area (Å²) in [5.41, 5.74) is 0. The van der Waals surface area contributed by atoms with Gasteiger partial charge in [-0.15, -0.1) is 0 Å².